The van der Waals surface area contributed by atoms with Crippen molar-refractivity contribution in [2.45, 2.75) is 13.0 Å². The van der Waals surface area contributed by atoms with Crippen LogP contribution in [0.15, 0.2) is 12.1 Å². The second-order valence-electron chi connectivity index (χ2n) is 4.10. The van der Waals surface area contributed by atoms with Crippen LogP contribution < -0.4 is 4.90 Å². The van der Waals surface area contributed by atoms with E-state index in [1.54, 1.807) is 12.1 Å². The first kappa shape index (κ1) is 12.4. The molecular weight excluding hydrogens is 262 g/mol. The lowest BCUT2D eigenvalue weighted by molar-refractivity contribution is 0.0702. The molecule has 1 aliphatic heterocycles. The number of rotatable bonds is 2. The second kappa shape index (κ2) is 4.30. The highest BCUT2D eigenvalue weighted by Crippen LogP contribution is 2.29. The van der Waals surface area contributed by atoms with Gasteiger partial charge in [0, 0.05) is 12.6 Å². The number of anilines is 1. The van der Waals surface area contributed by atoms with Crippen molar-refractivity contribution in [3.63, 3.8) is 0 Å². The van der Waals surface area contributed by atoms with Gasteiger partial charge in [-0.15, -0.1) is 11.3 Å². The minimum absolute atomic E-state index is 0.103. The smallest absolute Gasteiger partial charge is 0.345 e. The van der Waals surface area contributed by atoms with Gasteiger partial charge in [0.2, 0.25) is 0 Å². The summed E-state index contributed by atoms with van der Waals surface area (Å²) in [6.07, 6.45) is 0. The van der Waals surface area contributed by atoms with Crippen LogP contribution in [-0.4, -0.2) is 43.6 Å². The van der Waals surface area contributed by atoms with Crippen molar-refractivity contribution in [3.8, 4) is 0 Å². The van der Waals surface area contributed by atoms with Crippen LogP contribution >= 0.6 is 11.3 Å². The summed E-state index contributed by atoms with van der Waals surface area (Å²) in [5.41, 5.74) is 0. The topological polar surface area (TPSA) is 74.7 Å². The molecule has 0 aromatic carbocycles. The Bertz CT molecular complexity index is 534. The fourth-order valence-corrected chi connectivity index (χ4v) is 4.45. The van der Waals surface area contributed by atoms with Crippen molar-refractivity contribution >= 4 is 32.1 Å². The van der Waals surface area contributed by atoms with Gasteiger partial charge in [-0.05, 0) is 19.1 Å². The first-order valence-corrected chi connectivity index (χ1v) is 7.83. The lowest BCUT2D eigenvalue weighted by atomic mass is 10.3. The summed E-state index contributed by atoms with van der Waals surface area (Å²) >= 11 is 1.18. The van der Waals surface area contributed by atoms with Gasteiger partial charge >= 0.3 is 5.97 Å². The molecule has 0 aliphatic carbocycles. The third-order valence-corrected chi connectivity index (χ3v) is 5.66. The van der Waals surface area contributed by atoms with E-state index in [0.29, 0.717) is 6.54 Å². The summed E-state index contributed by atoms with van der Waals surface area (Å²) in [5.74, 6) is -0.677. The molecule has 2 rings (SSSR count). The summed E-state index contributed by atoms with van der Waals surface area (Å²) in [5, 5.41) is 9.67. The van der Waals surface area contributed by atoms with Crippen LogP contribution in [-0.2, 0) is 9.84 Å². The molecule has 0 amide bonds. The van der Waals surface area contributed by atoms with E-state index in [9.17, 15) is 13.2 Å². The number of sulfone groups is 1. The number of hydrogen-bond acceptors (Lipinski definition) is 5. The minimum atomic E-state index is -2.94. The summed E-state index contributed by atoms with van der Waals surface area (Å²) < 4.78 is 22.9. The third-order valence-electron chi connectivity index (χ3n) is 2.76. The first-order valence-electron chi connectivity index (χ1n) is 5.19. The van der Waals surface area contributed by atoms with Gasteiger partial charge in [-0.2, -0.15) is 0 Å². The minimum Gasteiger partial charge on any atom is -0.477 e. The zero-order valence-electron chi connectivity index (χ0n) is 9.29. The Labute approximate surface area is 104 Å². The van der Waals surface area contributed by atoms with Gasteiger partial charge < -0.3 is 10.0 Å². The molecule has 0 bridgehead atoms. The maximum atomic E-state index is 11.4. The number of nitrogens with zero attached hydrogens (tertiary/aromatic N) is 1. The predicted molar refractivity (Wildman–Crippen MR) is 66.7 cm³/mol. The van der Waals surface area contributed by atoms with E-state index in [1.807, 2.05) is 11.8 Å². The van der Waals surface area contributed by atoms with Gasteiger partial charge in [0.15, 0.2) is 9.84 Å². The molecular formula is C10H13NO4S2. The molecule has 0 spiro atoms. The quantitative estimate of drug-likeness (QED) is 0.874. The molecule has 1 aromatic heterocycles. The van der Waals surface area contributed by atoms with Gasteiger partial charge in [0.1, 0.15) is 4.88 Å². The van der Waals surface area contributed by atoms with Crippen molar-refractivity contribution in [2.24, 2.45) is 0 Å². The molecule has 17 heavy (non-hydrogen) atoms. The van der Waals surface area contributed by atoms with E-state index < -0.39 is 15.8 Å². The number of carboxylic acids is 1. The molecule has 1 unspecified atom stereocenters. The van der Waals surface area contributed by atoms with Crippen molar-refractivity contribution in [2.75, 3.05) is 23.0 Å². The van der Waals surface area contributed by atoms with Gasteiger partial charge in [-0.3, -0.25) is 0 Å². The second-order valence-corrected chi connectivity index (χ2v) is 7.39. The fraction of sp³-hybridized carbons (Fsp3) is 0.500. The van der Waals surface area contributed by atoms with Gasteiger partial charge in [0.05, 0.1) is 16.5 Å². The Morgan fingerprint density at radius 1 is 1.53 bits per heavy atom. The van der Waals surface area contributed by atoms with Crippen molar-refractivity contribution in [3.05, 3.63) is 17.0 Å². The molecule has 1 saturated heterocycles. The van der Waals surface area contributed by atoms with Gasteiger partial charge in [-0.1, -0.05) is 0 Å². The summed E-state index contributed by atoms with van der Waals surface area (Å²) in [7, 11) is -2.94. The SMILES string of the molecule is CC1CS(=O)(=O)CCN1c1ccc(C(=O)O)s1. The standard InChI is InChI=1S/C10H13NO4S2/c1-7-6-17(14,15)5-4-11(7)9-3-2-8(16-9)10(12)13/h2-3,7H,4-6H2,1H3,(H,12,13). The highest BCUT2D eigenvalue weighted by Gasteiger charge is 2.29. The number of hydrogen-bond donors (Lipinski definition) is 1. The Morgan fingerprint density at radius 3 is 2.76 bits per heavy atom. The zero-order valence-corrected chi connectivity index (χ0v) is 10.9. The maximum absolute atomic E-state index is 11.4. The molecule has 5 nitrogen and oxygen atoms in total. The molecule has 7 heteroatoms. The van der Waals surface area contributed by atoms with E-state index in [0.717, 1.165) is 5.00 Å². The molecule has 1 N–H and O–H groups in total. The molecule has 2 heterocycles. The number of carbonyl (C=O) groups is 1. The first-order chi connectivity index (χ1) is 7.89. The third kappa shape index (κ3) is 2.61. The summed E-state index contributed by atoms with van der Waals surface area (Å²) in [4.78, 5) is 13.0. The van der Waals surface area contributed by atoms with Crippen LogP contribution in [0.2, 0.25) is 0 Å². The monoisotopic (exact) mass is 275 g/mol. The average Bonchev–Trinajstić information content (AvgIpc) is 2.65. The van der Waals surface area contributed by atoms with Crippen molar-refractivity contribution in [1.29, 1.82) is 0 Å². The van der Waals surface area contributed by atoms with E-state index in [-0.39, 0.29) is 22.4 Å². The molecule has 0 radical (unpaired) electrons. The van der Waals surface area contributed by atoms with Crippen molar-refractivity contribution in [1.82, 2.24) is 0 Å². The van der Waals surface area contributed by atoms with E-state index in [2.05, 4.69) is 0 Å². The number of aromatic carboxylic acids is 1. The number of thiophene rings is 1. The Morgan fingerprint density at radius 2 is 2.24 bits per heavy atom. The van der Waals surface area contributed by atoms with Crippen LogP contribution in [0.4, 0.5) is 5.00 Å². The molecule has 0 saturated carbocycles. The Balaban J connectivity index is 2.20. The molecule has 1 atom stereocenters. The molecule has 1 aliphatic rings. The fourth-order valence-electron chi connectivity index (χ4n) is 1.92. The van der Waals surface area contributed by atoms with Crippen LogP contribution in [0.25, 0.3) is 0 Å². The lowest BCUT2D eigenvalue weighted by Crippen LogP contribution is -2.46. The van der Waals surface area contributed by atoms with E-state index in [4.69, 9.17) is 5.11 Å². The normalized spacial score (nSPS) is 23.6. The van der Waals surface area contributed by atoms with Crippen molar-refractivity contribution < 1.29 is 18.3 Å². The van der Waals surface area contributed by atoms with Crippen LogP contribution in [0.1, 0.15) is 16.6 Å². The van der Waals surface area contributed by atoms with E-state index >= 15 is 0 Å². The lowest BCUT2D eigenvalue weighted by Gasteiger charge is -2.33. The molecule has 1 fully saturated rings. The Kier molecular flexibility index (Phi) is 3.13. The largest absolute Gasteiger partial charge is 0.477 e. The Hall–Kier alpha value is -1.08. The predicted octanol–water partition coefficient (Wildman–Crippen LogP) is 1.07. The highest BCUT2D eigenvalue weighted by molar-refractivity contribution is 7.91. The molecule has 1 aromatic rings. The van der Waals surface area contributed by atoms with Gasteiger partial charge in [0.25, 0.3) is 0 Å². The summed E-state index contributed by atoms with van der Waals surface area (Å²) in [6.45, 7) is 2.28. The van der Waals surface area contributed by atoms with Crippen LogP contribution in [0.3, 0.4) is 0 Å². The zero-order chi connectivity index (χ0) is 12.6. The number of carboxylic acid groups (broad SMARTS) is 1. The average molecular weight is 275 g/mol. The van der Waals surface area contributed by atoms with Gasteiger partial charge in [-0.25, -0.2) is 13.2 Å². The van der Waals surface area contributed by atoms with Crippen LogP contribution in [0, 0.1) is 0 Å². The highest BCUT2D eigenvalue weighted by atomic mass is 32.2. The van der Waals surface area contributed by atoms with E-state index in [1.165, 1.54) is 11.3 Å². The maximum Gasteiger partial charge on any atom is 0.345 e. The molecule has 94 valence electrons. The summed E-state index contributed by atoms with van der Waals surface area (Å²) in [6, 6.07) is 3.19. The van der Waals surface area contributed by atoms with Crippen LogP contribution in [0.5, 0.6) is 0 Å².